The van der Waals surface area contributed by atoms with Crippen molar-refractivity contribution >= 4 is 5.97 Å². The van der Waals surface area contributed by atoms with Gasteiger partial charge in [0.15, 0.2) is 0 Å². The monoisotopic (exact) mass is 628 g/mol. The minimum atomic E-state index is -0.0228. The molecular formula is C38H77NO5. The molecule has 0 aromatic rings. The van der Waals surface area contributed by atoms with Crippen LogP contribution in [0.25, 0.3) is 0 Å². The molecule has 0 amide bonds. The molecule has 1 atom stereocenters. The second-order valence-electron chi connectivity index (χ2n) is 13.1. The molecule has 0 fully saturated rings. The Morgan fingerprint density at radius 2 is 1.05 bits per heavy atom. The van der Waals surface area contributed by atoms with Gasteiger partial charge < -0.3 is 14.7 Å². The van der Waals surface area contributed by atoms with E-state index in [1.54, 1.807) is 0 Å². The fourth-order valence-corrected chi connectivity index (χ4v) is 5.82. The van der Waals surface area contributed by atoms with E-state index in [1.807, 2.05) is 0 Å². The average molecular weight is 628 g/mol. The van der Waals surface area contributed by atoms with Crippen LogP contribution >= 0.6 is 0 Å². The Labute approximate surface area is 274 Å². The first kappa shape index (κ1) is 43.3. The van der Waals surface area contributed by atoms with Crippen LogP contribution < -0.4 is 0 Å². The highest BCUT2D eigenvalue weighted by molar-refractivity contribution is 5.69. The highest BCUT2D eigenvalue weighted by Gasteiger charge is 2.09. The number of nitrogens with zero attached hydrogens (tertiary/aromatic N) is 1. The first-order valence-electron chi connectivity index (χ1n) is 19.4. The van der Waals surface area contributed by atoms with E-state index in [1.165, 1.54) is 116 Å². The summed E-state index contributed by atoms with van der Waals surface area (Å²) in [4.78, 5) is 25.7. The smallest absolute Gasteiger partial charge is 0.305 e. The fourth-order valence-electron chi connectivity index (χ4n) is 5.82. The van der Waals surface area contributed by atoms with Gasteiger partial charge in [-0.15, -0.1) is 0 Å². The van der Waals surface area contributed by atoms with Crippen LogP contribution in [0.3, 0.4) is 0 Å². The lowest BCUT2D eigenvalue weighted by Crippen LogP contribution is -2.29. The van der Waals surface area contributed by atoms with Gasteiger partial charge in [0.1, 0.15) is 0 Å². The minimum Gasteiger partial charge on any atom is -0.466 e. The molecule has 6 nitrogen and oxygen atoms in total. The molecule has 0 bridgehead atoms. The molecule has 0 aromatic heterocycles. The molecule has 0 aliphatic heterocycles. The molecule has 6 heteroatoms. The summed E-state index contributed by atoms with van der Waals surface area (Å²) in [6.45, 7) is 11.2. The summed E-state index contributed by atoms with van der Waals surface area (Å²) in [6.07, 6.45) is 32.3. The number of aliphatic hydroxyl groups excluding tert-OH is 1. The van der Waals surface area contributed by atoms with Crippen molar-refractivity contribution < 1.29 is 24.4 Å². The summed E-state index contributed by atoms with van der Waals surface area (Å²) in [5.41, 5.74) is 0. The van der Waals surface area contributed by atoms with Gasteiger partial charge in [-0.3, -0.25) is 4.79 Å². The molecule has 1 N–H and O–H groups in total. The predicted octanol–water partition coefficient (Wildman–Crippen LogP) is 10.7. The Balaban J connectivity index is 3.64. The van der Waals surface area contributed by atoms with Gasteiger partial charge in [0, 0.05) is 13.0 Å². The molecule has 264 valence electrons. The molecule has 0 aromatic carbocycles. The molecule has 0 aliphatic carbocycles. The molecule has 0 rings (SSSR count). The second kappa shape index (κ2) is 36.8. The molecule has 0 radical (unpaired) electrons. The van der Waals surface area contributed by atoms with Crippen LogP contribution in [-0.2, 0) is 19.3 Å². The maximum atomic E-state index is 11.9. The van der Waals surface area contributed by atoms with Crippen molar-refractivity contribution in [3.63, 3.8) is 0 Å². The topological polar surface area (TPSA) is 68.2 Å². The summed E-state index contributed by atoms with van der Waals surface area (Å²) in [6, 6.07) is 0. The Bertz CT molecular complexity index is 561. The third kappa shape index (κ3) is 32.7. The first-order valence-corrected chi connectivity index (χ1v) is 19.4. The van der Waals surface area contributed by atoms with Gasteiger partial charge >= 0.3 is 5.97 Å². The van der Waals surface area contributed by atoms with Crippen molar-refractivity contribution in [2.45, 2.75) is 200 Å². The number of carbonyl (C=O) groups excluding carboxylic acids is 1. The lowest BCUT2D eigenvalue weighted by molar-refractivity contribution is -0.326. The Morgan fingerprint density at radius 1 is 0.545 bits per heavy atom. The van der Waals surface area contributed by atoms with Gasteiger partial charge in [-0.05, 0) is 58.0 Å². The zero-order chi connectivity index (χ0) is 32.2. The number of esters is 1. The van der Waals surface area contributed by atoms with Gasteiger partial charge in [-0.1, -0.05) is 143 Å². The zero-order valence-corrected chi connectivity index (χ0v) is 29.9. The van der Waals surface area contributed by atoms with Crippen LogP contribution in [0.5, 0.6) is 0 Å². The number of rotatable bonds is 37. The van der Waals surface area contributed by atoms with E-state index in [-0.39, 0.29) is 18.7 Å². The van der Waals surface area contributed by atoms with Gasteiger partial charge in [0.2, 0.25) is 0 Å². The van der Waals surface area contributed by atoms with Gasteiger partial charge in [0.25, 0.3) is 0 Å². The number of carbonyl (C=O) groups is 1. The standard InChI is InChI=1S/C38H77NO5/c1-4-7-9-11-13-20-26-35-42-38(41)30-23-17-14-18-24-31-39(33-34-40)32-25-19-15-21-27-36-43-44-37(28-6-3)29-22-16-12-10-8-5-2/h37,40H,4-36H2,1-3H3. The third-order valence-electron chi connectivity index (χ3n) is 8.68. The van der Waals surface area contributed by atoms with Crippen molar-refractivity contribution in [3.05, 3.63) is 0 Å². The van der Waals surface area contributed by atoms with Crippen molar-refractivity contribution in [2.24, 2.45) is 0 Å². The van der Waals surface area contributed by atoms with Crippen molar-refractivity contribution in [3.8, 4) is 0 Å². The van der Waals surface area contributed by atoms with Gasteiger partial charge in [0.05, 0.1) is 25.9 Å². The summed E-state index contributed by atoms with van der Waals surface area (Å²) in [7, 11) is 0. The molecule has 0 heterocycles. The third-order valence-corrected chi connectivity index (χ3v) is 8.68. The number of hydrogen-bond donors (Lipinski definition) is 1. The SMILES string of the molecule is CCCCCCCCCOC(=O)CCCCCCCN(CCO)CCCCCCCOOC(CCC)CCCCCCCC. The van der Waals surface area contributed by atoms with E-state index in [9.17, 15) is 9.90 Å². The maximum Gasteiger partial charge on any atom is 0.305 e. The van der Waals surface area contributed by atoms with Crippen LogP contribution in [0.15, 0.2) is 0 Å². The maximum absolute atomic E-state index is 11.9. The summed E-state index contributed by atoms with van der Waals surface area (Å²) < 4.78 is 5.39. The van der Waals surface area contributed by atoms with Gasteiger partial charge in [-0.25, -0.2) is 9.78 Å². The van der Waals surface area contributed by atoms with Gasteiger partial charge in [-0.2, -0.15) is 0 Å². The minimum absolute atomic E-state index is 0.0228. The Kier molecular flexibility index (Phi) is 36.2. The summed E-state index contributed by atoms with van der Waals surface area (Å²) in [5, 5.41) is 9.47. The fraction of sp³-hybridized carbons (Fsp3) is 0.974. The van der Waals surface area contributed by atoms with Crippen molar-refractivity contribution in [1.29, 1.82) is 0 Å². The molecule has 0 spiro atoms. The predicted molar refractivity (Wildman–Crippen MR) is 187 cm³/mol. The van der Waals surface area contributed by atoms with Crippen LogP contribution in [0.2, 0.25) is 0 Å². The molecule has 1 unspecified atom stereocenters. The second-order valence-corrected chi connectivity index (χ2v) is 13.1. The Hall–Kier alpha value is -0.690. The van der Waals surface area contributed by atoms with E-state index in [4.69, 9.17) is 14.5 Å². The van der Waals surface area contributed by atoms with E-state index in [0.29, 0.717) is 19.6 Å². The van der Waals surface area contributed by atoms with Crippen molar-refractivity contribution in [2.75, 3.05) is 39.5 Å². The van der Waals surface area contributed by atoms with Crippen LogP contribution in [0.4, 0.5) is 0 Å². The summed E-state index contributed by atoms with van der Waals surface area (Å²) in [5.74, 6) is -0.0228. The molecular weight excluding hydrogens is 550 g/mol. The molecule has 44 heavy (non-hydrogen) atoms. The average Bonchev–Trinajstić information content (AvgIpc) is 3.02. The largest absolute Gasteiger partial charge is 0.466 e. The summed E-state index contributed by atoms with van der Waals surface area (Å²) >= 11 is 0. The normalized spacial score (nSPS) is 12.3. The number of hydrogen-bond acceptors (Lipinski definition) is 6. The lowest BCUT2D eigenvalue weighted by Gasteiger charge is -2.21. The highest BCUT2D eigenvalue weighted by Crippen LogP contribution is 2.15. The van der Waals surface area contributed by atoms with E-state index >= 15 is 0 Å². The van der Waals surface area contributed by atoms with Crippen LogP contribution in [-0.4, -0.2) is 61.5 Å². The van der Waals surface area contributed by atoms with Crippen molar-refractivity contribution in [1.82, 2.24) is 4.90 Å². The quantitative estimate of drug-likeness (QED) is 0.0320. The number of aliphatic hydroxyl groups is 1. The van der Waals surface area contributed by atoms with Crippen LogP contribution in [0.1, 0.15) is 194 Å². The lowest BCUT2D eigenvalue weighted by atomic mass is 10.0. The molecule has 0 saturated heterocycles. The van der Waals surface area contributed by atoms with Crippen LogP contribution in [0, 0.1) is 0 Å². The highest BCUT2D eigenvalue weighted by atomic mass is 17.2. The molecule has 0 saturated carbocycles. The number of ether oxygens (including phenoxy) is 1. The first-order chi connectivity index (χ1) is 21.7. The number of unbranched alkanes of at least 4 members (excludes halogenated alkanes) is 19. The van der Waals surface area contributed by atoms with E-state index in [0.717, 1.165) is 71.0 Å². The van der Waals surface area contributed by atoms with E-state index in [2.05, 4.69) is 25.7 Å². The zero-order valence-electron chi connectivity index (χ0n) is 29.9. The van der Waals surface area contributed by atoms with E-state index < -0.39 is 0 Å². The molecule has 0 aliphatic rings. The Morgan fingerprint density at radius 3 is 1.61 bits per heavy atom.